The first-order valence-electron chi connectivity index (χ1n) is 5.55. The number of hydrogen-bond acceptors (Lipinski definition) is 3. The van der Waals surface area contributed by atoms with Gasteiger partial charge in [-0.15, -0.1) is 0 Å². The lowest BCUT2D eigenvalue weighted by molar-refractivity contribution is -0.172. The van der Waals surface area contributed by atoms with Gasteiger partial charge < -0.3 is 15.8 Å². The van der Waals surface area contributed by atoms with E-state index in [-0.39, 0.29) is 25.7 Å². The molecule has 1 amide bonds. The van der Waals surface area contributed by atoms with E-state index in [1.54, 1.807) is 0 Å². The summed E-state index contributed by atoms with van der Waals surface area (Å²) in [6.45, 7) is 0.617. The van der Waals surface area contributed by atoms with E-state index in [0.717, 1.165) is 0 Å². The maximum atomic E-state index is 12.7. The van der Waals surface area contributed by atoms with E-state index in [1.165, 1.54) is 0 Å². The van der Waals surface area contributed by atoms with E-state index in [0.29, 0.717) is 13.2 Å². The lowest BCUT2D eigenvalue weighted by Crippen LogP contribution is -2.61. The molecule has 3 N–H and O–H groups in total. The van der Waals surface area contributed by atoms with Crippen LogP contribution in [0.1, 0.15) is 25.7 Å². The van der Waals surface area contributed by atoms with Gasteiger partial charge in [0.1, 0.15) is 5.54 Å². The second kappa shape index (κ2) is 3.84. The highest BCUT2D eigenvalue weighted by atomic mass is 19.4. The molecule has 2 aliphatic rings. The molecule has 1 saturated carbocycles. The number of nitrogens with one attached hydrogen (secondary N) is 1. The smallest absolute Gasteiger partial charge is 0.381 e. The third kappa shape index (κ3) is 2.26. The van der Waals surface area contributed by atoms with Crippen molar-refractivity contribution in [3.8, 4) is 0 Å². The predicted octanol–water partition coefficient (Wildman–Crippen LogP) is 0.705. The van der Waals surface area contributed by atoms with Crippen molar-refractivity contribution in [3.63, 3.8) is 0 Å². The molecule has 0 bridgehead atoms. The van der Waals surface area contributed by atoms with Crippen LogP contribution in [0.2, 0.25) is 0 Å². The zero-order valence-corrected chi connectivity index (χ0v) is 9.27. The molecule has 0 aromatic rings. The van der Waals surface area contributed by atoms with Gasteiger partial charge in [0.2, 0.25) is 5.91 Å². The van der Waals surface area contributed by atoms with Gasteiger partial charge in [-0.2, -0.15) is 13.2 Å². The van der Waals surface area contributed by atoms with E-state index in [9.17, 15) is 18.0 Å². The minimum atomic E-state index is -4.40. The van der Waals surface area contributed by atoms with Crippen molar-refractivity contribution in [2.24, 2.45) is 5.73 Å². The number of hydrogen-bond donors (Lipinski definition) is 2. The van der Waals surface area contributed by atoms with E-state index < -0.39 is 23.2 Å². The number of carbonyl (C=O) groups excluding carboxylic acids is 1. The lowest BCUT2D eigenvalue weighted by atomic mass is 9.90. The first kappa shape index (κ1) is 12.6. The van der Waals surface area contributed by atoms with Gasteiger partial charge in [0.25, 0.3) is 0 Å². The van der Waals surface area contributed by atoms with Crippen LogP contribution in [-0.4, -0.2) is 36.4 Å². The highest BCUT2D eigenvalue weighted by Gasteiger charge is 2.65. The number of alkyl halides is 3. The Labute approximate surface area is 96.7 Å². The Bertz CT molecular complexity index is 320. The Kier molecular flexibility index (Phi) is 2.86. The predicted molar refractivity (Wildman–Crippen MR) is 53.1 cm³/mol. The summed E-state index contributed by atoms with van der Waals surface area (Å²) in [5.74, 6) is -0.712. The van der Waals surface area contributed by atoms with Gasteiger partial charge in [0.15, 0.2) is 0 Å². The summed E-state index contributed by atoms with van der Waals surface area (Å²) < 4.78 is 43.0. The van der Waals surface area contributed by atoms with Crippen LogP contribution in [0, 0.1) is 0 Å². The van der Waals surface area contributed by atoms with Gasteiger partial charge in [-0.1, -0.05) is 0 Å². The molecule has 4 nitrogen and oxygen atoms in total. The molecule has 0 radical (unpaired) electrons. The first-order valence-corrected chi connectivity index (χ1v) is 5.55. The third-order valence-electron chi connectivity index (χ3n) is 3.48. The Morgan fingerprint density at radius 1 is 1.18 bits per heavy atom. The normalized spacial score (nSPS) is 26.4. The summed E-state index contributed by atoms with van der Waals surface area (Å²) in [7, 11) is 0. The molecule has 1 heterocycles. The molecule has 1 aliphatic carbocycles. The molecule has 0 aromatic carbocycles. The van der Waals surface area contributed by atoms with Crippen LogP contribution in [0.15, 0.2) is 0 Å². The van der Waals surface area contributed by atoms with Crippen molar-refractivity contribution in [1.82, 2.24) is 5.32 Å². The second-order valence-corrected chi connectivity index (χ2v) is 4.80. The van der Waals surface area contributed by atoms with Crippen molar-refractivity contribution < 1.29 is 22.7 Å². The summed E-state index contributed by atoms with van der Waals surface area (Å²) in [4.78, 5) is 11.8. The summed E-state index contributed by atoms with van der Waals surface area (Å²) in [5, 5.41) is 2.07. The molecular weight excluding hydrogens is 237 g/mol. The molecular formula is C10H15F3N2O2. The van der Waals surface area contributed by atoms with Crippen molar-refractivity contribution >= 4 is 5.91 Å². The van der Waals surface area contributed by atoms with Gasteiger partial charge >= 0.3 is 6.18 Å². The number of ether oxygens (including phenoxy) is 1. The average molecular weight is 252 g/mol. The Morgan fingerprint density at radius 3 is 2.12 bits per heavy atom. The van der Waals surface area contributed by atoms with E-state index in [2.05, 4.69) is 5.32 Å². The van der Waals surface area contributed by atoms with Gasteiger partial charge in [-0.25, -0.2) is 0 Å². The molecule has 2 fully saturated rings. The van der Waals surface area contributed by atoms with Crippen molar-refractivity contribution in [3.05, 3.63) is 0 Å². The monoisotopic (exact) mass is 252 g/mol. The summed E-state index contributed by atoms with van der Waals surface area (Å²) in [6, 6.07) is 0. The lowest BCUT2D eigenvalue weighted by Gasteiger charge is -2.34. The van der Waals surface area contributed by atoms with Crippen LogP contribution in [-0.2, 0) is 9.53 Å². The van der Waals surface area contributed by atoms with Crippen LogP contribution in [0.3, 0.4) is 0 Å². The maximum absolute atomic E-state index is 12.7. The van der Waals surface area contributed by atoms with Crippen molar-refractivity contribution in [2.75, 3.05) is 13.2 Å². The molecule has 0 unspecified atom stereocenters. The molecule has 1 saturated heterocycles. The van der Waals surface area contributed by atoms with E-state index in [4.69, 9.17) is 10.5 Å². The highest BCUT2D eigenvalue weighted by Crippen LogP contribution is 2.49. The van der Waals surface area contributed by atoms with E-state index in [1.807, 2.05) is 0 Å². The third-order valence-corrected chi connectivity index (χ3v) is 3.48. The molecule has 1 aliphatic heterocycles. The zero-order valence-electron chi connectivity index (χ0n) is 9.27. The average Bonchev–Trinajstić information content (AvgIpc) is 2.99. The van der Waals surface area contributed by atoms with Gasteiger partial charge in [0.05, 0.1) is 5.54 Å². The Hall–Kier alpha value is -0.820. The molecule has 0 spiro atoms. The number of carbonyl (C=O) groups is 1. The van der Waals surface area contributed by atoms with Gasteiger partial charge in [0, 0.05) is 13.2 Å². The Morgan fingerprint density at radius 2 is 1.71 bits per heavy atom. The number of nitrogens with two attached hydrogens (primary N) is 1. The van der Waals surface area contributed by atoms with Gasteiger partial charge in [-0.05, 0) is 25.7 Å². The minimum absolute atomic E-state index is 0.0607. The fraction of sp³-hybridized carbons (Fsp3) is 0.900. The second-order valence-electron chi connectivity index (χ2n) is 4.80. The number of halogens is 3. The molecule has 98 valence electrons. The van der Waals surface area contributed by atoms with Crippen LogP contribution >= 0.6 is 0 Å². The van der Waals surface area contributed by atoms with Gasteiger partial charge in [-0.3, -0.25) is 4.79 Å². The van der Waals surface area contributed by atoms with Crippen LogP contribution in [0.5, 0.6) is 0 Å². The fourth-order valence-electron chi connectivity index (χ4n) is 1.91. The minimum Gasteiger partial charge on any atom is -0.381 e. The molecule has 2 rings (SSSR count). The number of amides is 1. The topological polar surface area (TPSA) is 64.4 Å². The maximum Gasteiger partial charge on any atom is 0.411 e. The molecule has 17 heavy (non-hydrogen) atoms. The van der Waals surface area contributed by atoms with Crippen LogP contribution in [0.25, 0.3) is 0 Å². The SMILES string of the molecule is NC1(C(=O)NC2(C(F)(F)F)CC2)CCOCC1. The highest BCUT2D eigenvalue weighted by molar-refractivity contribution is 5.87. The number of rotatable bonds is 2. The summed E-state index contributed by atoms with van der Waals surface area (Å²) >= 11 is 0. The van der Waals surface area contributed by atoms with E-state index >= 15 is 0 Å². The fourth-order valence-corrected chi connectivity index (χ4v) is 1.91. The van der Waals surface area contributed by atoms with Crippen LogP contribution < -0.4 is 11.1 Å². The molecule has 7 heteroatoms. The summed E-state index contributed by atoms with van der Waals surface area (Å²) in [5.41, 5.74) is 2.57. The quantitative estimate of drug-likeness (QED) is 0.760. The van der Waals surface area contributed by atoms with Crippen molar-refractivity contribution in [1.29, 1.82) is 0 Å². The first-order chi connectivity index (χ1) is 7.79. The standard InChI is InChI=1S/C10H15F3N2O2/c11-10(12,13)9(1-2-9)15-7(16)8(14)3-5-17-6-4-8/h1-6,14H2,(H,15,16). The Balaban J connectivity index is 2.02. The van der Waals surface area contributed by atoms with Crippen LogP contribution in [0.4, 0.5) is 13.2 Å². The zero-order chi connectivity index (χ0) is 12.7. The molecule has 0 aromatic heterocycles. The van der Waals surface area contributed by atoms with Crippen molar-refractivity contribution in [2.45, 2.75) is 42.9 Å². The largest absolute Gasteiger partial charge is 0.411 e. The summed E-state index contributed by atoms with van der Waals surface area (Å²) in [6.07, 6.45) is -4.01. The molecule has 0 atom stereocenters.